The average molecular weight is 325 g/mol. The quantitative estimate of drug-likeness (QED) is 0.920. The zero-order valence-corrected chi connectivity index (χ0v) is 14.3. The normalized spacial score (nSPS) is 18.2. The lowest BCUT2D eigenvalue weighted by Gasteiger charge is -2.37. The molecule has 1 amide bonds. The summed E-state index contributed by atoms with van der Waals surface area (Å²) in [5, 5.41) is 3.14. The topological polar surface area (TPSA) is 47.6 Å². The minimum absolute atomic E-state index is 0.0657. The molecule has 2 aromatic carbocycles. The number of fused-ring (bicyclic) bond motifs is 1. The van der Waals surface area contributed by atoms with Crippen molar-refractivity contribution in [2.45, 2.75) is 38.8 Å². The van der Waals surface area contributed by atoms with Gasteiger partial charge in [-0.2, -0.15) is 0 Å². The molecule has 0 spiro atoms. The molecule has 2 aromatic rings. The molecule has 1 N–H and O–H groups in total. The number of para-hydroxylation sites is 1. The lowest BCUT2D eigenvalue weighted by atomic mass is 9.89. The number of benzene rings is 2. The Morgan fingerprint density at radius 1 is 1.21 bits per heavy atom. The summed E-state index contributed by atoms with van der Waals surface area (Å²) in [6.45, 7) is 6.63. The monoisotopic (exact) mass is 325 g/mol. The fraction of sp³-hybridized carbons (Fsp3) is 0.350. The maximum absolute atomic E-state index is 12.6. The molecule has 1 aliphatic heterocycles. The molecule has 0 aromatic heterocycles. The van der Waals surface area contributed by atoms with Gasteiger partial charge in [-0.05, 0) is 51.1 Å². The van der Waals surface area contributed by atoms with Gasteiger partial charge in [0, 0.05) is 17.5 Å². The van der Waals surface area contributed by atoms with Crippen LogP contribution in [-0.2, 0) is 0 Å². The molecule has 4 heteroatoms. The third-order valence-corrected chi connectivity index (χ3v) is 4.11. The van der Waals surface area contributed by atoms with Crippen LogP contribution in [0.25, 0.3) is 0 Å². The highest BCUT2D eigenvalue weighted by Gasteiger charge is 2.34. The zero-order chi connectivity index (χ0) is 17.2. The third kappa shape index (κ3) is 3.53. The average Bonchev–Trinajstić information content (AvgIpc) is 2.54. The van der Waals surface area contributed by atoms with Crippen molar-refractivity contribution >= 4 is 5.91 Å². The smallest absolute Gasteiger partial charge is 0.251 e. The first kappa shape index (κ1) is 16.4. The molecule has 0 aliphatic carbocycles. The van der Waals surface area contributed by atoms with Gasteiger partial charge in [-0.25, -0.2) is 0 Å². The molecule has 0 fully saturated rings. The van der Waals surface area contributed by atoms with Crippen LogP contribution >= 0.6 is 0 Å². The molecule has 126 valence electrons. The van der Waals surface area contributed by atoms with Crippen LogP contribution in [0.3, 0.4) is 0 Å². The van der Waals surface area contributed by atoms with Crippen LogP contribution in [0.4, 0.5) is 0 Å². The van der Waals surface area contributed by atoms with Crippen LogP contribution in [0.5, 0.6) is 11.5 Å². The van der Waals surface area contributed by atoms with Crippen molar-refractivity contribution in [1.82, 2.24) is 5.32 Å². The third-order valence-electron chi connectivity index (χ3n) is 4.11. The van der Waals surface area contributed by atoms with Gasteiger partial charge in [-0.15, -0.1) is 0 Å². The number of ether oxygens (including phenoxy) is 2. The summed E-state index contributed by atoms with van der Waals surface area (Å²) in [4.78, 5) is 12.6. The standard InChI is InChI=1S/C20H23NO3/c1-4-23-15-11-9-14(10-12-15)19(22)21-17-13-20(2,3)24-18-8-6-5-7-16(17)18/h5-12,17H,4,13H2,1-3H3,(H,21,22)/t17-/m0/s1. The predicted octanol–water partition coefficient (Wildman–Crippen LogP) is 4.12. The molecule has 0 radical (unpaired) electrons. The highest BCUT2D eigenvalue weighted by atomic mass is 16.5. The summed E-state index contributed by atoms with van der Waals surface area (Å²) in [7, 11) is 0. The summed E-state index contributed by atoms with van der Waals surface area (Å²) in [6, 6.07) is 15.0. The van der Waals surface area contributed by atoms with E-state index in [9.17, 15) is 4.79 Å². The van der Waals surface area contributed by atoms with E-state index in [1.807, 2.05) is 57.2 Å². The summed E-state index contributed by atoms with van der Waals surface area (Å²) < 4.78 is 11.4. The SMILES string of the molecule is CCOc1ccc(C(=O)N[C@H]2CC(C)(C)Oc3ccccc32)cc1. The Morgan fingerprint density at radius 3 is 2.62 bits per heavy atom. The van der Waals surface area contributed by atoms with Gasteiger partial charge in [0.15, 0.2) is 0 Å². The Labute approximate surface area is 142 Å². The van der Waals surface area contributed by atoms with Gasteiger partial charge in [0.2, 0.25) is 0 Å². The van der Waals surface area contributed by atoms with Gasteiger partial charge in [0.25, 0.3) is 5.91 Å². The number of carbonyl (C=O) groups excluding carboxylic acids is 1. The van der Waals surface area contributed by atoms with E-state index in [1.165, 1.54) is 0 Å². The van der Waals surface area contributed by atoms with Crippen molar-refractivity contribution in [3.63, 3.8) is 0 Å². The van der Waals surface area contributed by atoms with Crippen LogP contribution in [0.15, 0.2) is 48.5 Å². The van der Waals surface area contributed by atoms with E-state index in [-0.39, 0.29) is 17.6 Å². The zero-order valence-electron chi connectivity index (χ0n) is 14.3. The van der Waals surface area contributed by atoms with Crippen molar-refractivity contribution in [2.24, 2.45) is 0 Å². The van der Waals surface area contributed by atoms with Crippen molar-refractivity contribution in [3.05, 3.63) is 59.7 Å². The number of nitrogens with one attached hydrogen (secondary N) is 1. The number of hydrogen-bond donors (Lipinski definition) is 1. The minimum Gasteiger partial charge on any atom is -0.494 e. The van der Waals surface area contributed by atoms with Gasteiger partial charge in [-0.3, -0.25) is 4.79 Å². The van der Waals surface area contributed by atoms with E-state index in [2.05, 4.69) is 5.32 Å². The molecular formula is C20H23NO3. The highest BCUT2D eigenvalue weighted by Crippen LogP contribution is 2.39. The Balaban J connectivity index is 1.78. The number of amides is 1. The summed E-state index contributed by atoms with van der Waals surface area (Å²) in [5.41, 5.74) is 1.34. The van der Waals surface area contributed by atoms with E-state index in [0.717, 1.165) is 23.5 Å². The Morgan fingerprint density at radius 2 is 1.92 bits per heavy atom. The number of hydrogen-bond acceptors (Lipinski definition) is 3. The molecule has 1 aliphatic rings. The van der Waals surface area contributed by atoms with E-state index in [1.54, 1.807) is 12.1 Å². The lowest BCUT2D eigenvalue weighted by molar-refractivity contribution is 0.0620. The van der Waals surface area contributed by atoms with Gasteiger partial charge < -0.3 is 14.8 Å². The van der Waals surface area contributed by atoms with Crippen LogP contribution in [0.1, 0.15) is 49.2 Å². The fourth-order valence-electron chi connectivity index (χ4n) is 3.04. The largest absolute Gasteiger partial charge is 0.494 e. The van der Waals surface area contributed by atoms with Crippen LogP contribution in [0, 0.1) is 0 Å². The Hall–Kier alpha value is -2.49. The maximum atomic E-state index is 12.6. The number of carbonyl (C=O) groups is 1. The van der Waals surface area contributed by atoms with Gasteiger partial charge in [0.1, 0.15) is 17.1 Å². The molecule has 0 bridgehead atoms. The van der Waals surface area contributed by atoms with E-state index < -0.39 is 0 Å². The lowest BCUT2D eigenvalue weighted by Crippen LogP contribution is -2.41. The van der Waals surface area contributed by atoms with E-state index >= 15 is 0 Å². The summed E-state index contributed by atoms with van der Waals surface area (Å²) in [5.74, 6) is 1.52. The molecule has 4 nitrogen and oxygen atoms in total. The summed E-state index contributed by atoms with van der Waals surface area (Å²) >= 11 is 0. The van der Waals surface area contributed by atoms with Crippen LogP contribution < -0.4 is 14.8 Å². The summed E-state index contributed by atoms with van der Waals surface area (Å²) in [6.07, 6.45) is 0.729. The molecule has 0 unspecified atom stereocenters. The molecule has 0 saturated heterocycles. The van der Waals surface area contributed by atoms with Gasteiger partial charge in [0.05, 0.1) is 12.6 Å². The number of rotatable bonds is 4. The second kappa shape index (κ2) is 6.56. The first-order valence-corrected chi connectivity index (χ1v) is 8.30. The molecule has 1 heterocycles. The Kier molecular flexibility index (Phi) is 4.47. The maximum Gasteiger partial charge on any atom is 0.251 e. The van der Waals surface area contributed by atoms with Gasteiger partial charge in [-0.1, -0.05) is 18.2 Å². The second-order valence-electron chi connectivity index (χ2n) is 6.59. The van der Waals surface area contributed by atoms with Crippen LogP contribution in [-0.4, -0.2) is 18.1 Å². The predicted molar refractivity (Wildman–Crippen MR) is 93.6 cm³/mol. The molecular weight excluding hydrogens is 302 g/mol. The van der Waals surface area contributed by atoms with Crippen molar-refractivity contribution < 1.29 is 14.3 Å². The van der Waals surface area contributed by atoms with Crippen molar-refractivity contribution in [1.29, 1.82) is 0 Å². The fourth-order valence-corrected chi connectivity index (χ4v) is 3.04. The van der Waals surface area contributed by atoms with E-state index in [0.29, 0.717) is 12.2 Å². The molecule has 0 saturated carbocycles. The van der Waals surface area contributed by atoms with Gasteiger partial charge >= 0.3 is 0 Å². The molecule has 24 heavy (non-hydrogen) atoms. The molecule has 3 rings (SSSR count). The van der Waals surface area contributed by atoms with Crippen molar-refractivity contribution in [3.8, 4) is 11.5 Å². The second-order valence-corrected chi connectivity index (χ2v) is 6.59. The minimum atomic E-state index is -0.314. The Bertz CT molecular complexity index is 722. The van der Waals surface area contributed by atoms with Crippen molar-refractivity contribution in [2.75, 3.05) is 6.61 Å². The first-order valence-electron chi connectivity index (χ1n) is 8.30. The van der Waals surface area contributed by atoms with Crippen LogP contribution in [0.2, 0.25) is 0 Å². The molecule has 1 atom stereocenters. The first-order chi connectivity index (χ1) is 11.5. The van der Waals surface area contributed by atoms with E-state index in [4.69, 9.17) is 9.47 Å². The highest BCUT2D eigenvalue weighted by molar-refractivity contribution is 5.94.